The van der Waals surface area contributed by atoms with Gasteiger partial charge in [-0.3, -0.25) is 9.59 Å². The Morgan fingerprint density at radius 2 is 1.76 bits per heavy atom. The Morgan fingerprint density at radius 3 is 2.24 bits per heavy atom. The number of hydrogen-bond donors (Lipinski definition) is 4. The van der Waals surface area contributed by atoms with Crippen LogP contribution in [0.4, 0.5) is 4.79 Å². The summed E-state index contributed by atoms with van der Waals surface area (Å²) in [6, 6.07) is -0.127. The molecule has 0 aromatic heterocycles. The number of amides is 3. The van der Waals surface area contributed by atoms with Gasteiger partial charge in [0.15, 0.2) is 0 Å². The van der Waals surface area contributed by atoms with Crippen molar-refractivity contribution < 1.29 is 19.5 Å². The molecule has 3 amide bonds. The lowest BCUT2D eigenvalue weighted by molar-refractivity contribution is -0.149. The van der Waals surface area contributed by atoms with E-state index < -0.39 is 17.4 Å². The topological polar surface area (TPSA) is 108 Å². The Bertz CT molecular complexity index is 390. The molecule has 120 valence electrons. The molecule has 7 heteroatoms. The molecule has 1 aliphatic carbocycles. The van der Waals surface area contributed by atoms with Gasteiger partial charge in [0.1, 0.15) is 0 Å². The number of aliphatic carboxylic acids is 1. The minimum atomic E-state index is -0.930. The Morgan fingerprint density at radius 1 is 1.14 bits per heavy atom. The van der Waals surface area contributed by atoms with E-state index in [1.807, 2.05) is 0 Å². The van der Waals surface area contributed by atoms with Gasteiger partial charge < -0.3 is 21.1 Å². The van der Waals surface area contributed by atoms with Gasteiger partial charge in [-0.05, 0) is 25.7 Å². The van der Waals surface area contributed by atoms with Crippen LogP contribution in [0.3, 0.4) is 0 Å². The normalized spacial score (nSPS) is 14.4. The zero-order chi connectivity index (χ0) is 15.9. The number of carboxylic acid groups (broad SMARTS) is 1. The van der Waals surface area contributed by atoms with Crippen molar-refractivity contribution >= 4 is 17.9 Å². The molecular formula is C14H25N3O4. The zero-order valence-electron chi connectivity index (χ0n) is 12.7. The van der Waals surface area contributed by atoms with Crippen LogP contribution >= 0.6 is 0 Å². The molecule has 1 fully saturated rings. The summed E-state index contributed by atoms with van der Waals surface area (Å²) in [5, 5.41) is 17.2. The van der Waals surface area contributed by atoms with Crippen LogP contribution in [0.15, 0.2) is 0 Å². The highest BCUT2D eigenvalue weighted by Gasteiger charge is 2.35. The molecule has 21 heavy (non-hydrogen) atoms. The molecule has 0 atom stereocenters. The Hall–Kier alpha value is -1.79. The van der Waals surface area contributed by atoms with Crippen molar-refractivity contribution in [2.45, 2.75) is 52.0 Å². The van der Waals surface area contributed by atoms with Gasteiger partial charge in [-0.25, -0.2) is 4.79 Å². The number of hydrogen-bond acceptors (Lipinski definition) is 3. The van der Waals surface area contributed by atoms with Gasteiger partial charge in [0.2, 0.25) is 5.91 Å². The van der Waals surface area contributed by atoms with Gasteiger partial charge in [0, 0.05) is 25.6 Å². The van der Waals surface area contributed by atoms with Crippen LogP contribution in [0.2, 0.25) is 0 Å². The van der Waals surface area contributed by atoms with E-state index in [4.69, 9.17) is 0 Å². The van der Waals surface area contributed by atoms with Crippen LogP contribution < -0.4 is 16.0 Å². The maximum absolute atomic E-state index is 11.6. The predicted molar refractivity (Wildman–Crippen MR) is 77.8 cm³/mol. The van der Waals surface area contributed by atoms with E-state index in [0.29, 0.717) is 18.9 Å². The second-order valence-corrected chi connectivity index (χ2v) is 5.49. The molecule has 0 spiro atoms. The Labute approximate surface area is 124 Å². The van der Waals surface area contributed by atoms with Crippen molar-refractivity contribution in [2.24, 2.45) is 5.41 Å². The lowest BCUT2D eigenvalue weighted by Gasteiger charge is -2.26. The third kappa shape index (κ3) is 5.61. The van der Waals surface area contributed by atoms with Gasteiger partial charge in [0.25, 0.3) is 0 Å². The molecule has 0 saturated heterocycles. The zero-order valence-corrected chi connectivity index (χ0v) is 12.7. The summed E-state index contributed by atoms with van der Waals surface area (Å²) in [5.41, 5.74) is -0.930. The van der Waals surface area contributed by atoms with Gasteiger partial charge in [0.05, 0.1) is 5.41 Å². The Balaban J connectivity index is 2.22. The highest BCUT2D eigenvalue weighted by atomic mass is 16.4. The van der Waals surface area contributed by atoms with E-state index in [1.165, 1.54) is 0 Å². The van der Waals surface area contributed by atoms with Crippen molar-refractivity contribution in [3.8, 4) is 0 Å². The lowest BCUT2D eigenvalue weighted by atomic mass is 9.82. The average Bonchev–Trinajstić information content (AvgIpc) is 3.24. The number of nitrogens with one attached hydrogen (secondary N) is 3. The number of carboxylic acids is 1. The maximum Gasteiger partial charge on any atom is 0.314 e. The molecule has 1 saturated carbocycles. The van der Waals surface area contributed by atoms with Gasteiger partial charge in [-0.1, -0.05) is 13.8 Å². The van der Waals surface area contributed by atoms with Crippen molar-refractivity contribution in [3.63, 3.8) is 0 Å². The molecular weight excluding hydrogens is 274 g/mol. The molecule has 4 N–H and O–H groups in total. The molecule has 0 aliphatic heterocycles. The van der Waals surface area contributed by atoms with Crippen LogP contribution in [-0.4, -0.2) is 42.1 Å². The molecule has 0 heterocycles. The van der Waals surface area contributed by atoms with Crippen molar-refractivity contribution in [1.29, 1.82) is 0 Å². The third-order valence-corrected chi connectivity index (χ3v) is 3.97. The number of carbonyl (C=O) groups excluding carboxylic acids is 2. The summed E-state index contributed by atoms with van der Waals surface area (Å²) >= 11 is 0. The molecule has 0 bridgehead atoms. The number of urea groups is 1. The fourth-order valence-corrected chi connectivity index (χ4v) is 2.01. The lowest BCUT2D eigenvalue weighted by Crippen LogP contribution is -2.46. The smallest absolute Gasteiger partial charge is 0.314 e. The van der Waals surface area contributed by atoms with Crippen LogP contribution in [0, 0.1) is 5.41 Å². The van der Waals surface area contributed by atoms with Crippen LogP contribution in [-0.2, 0) is 9.59 Å². The minimum Gasteiger partial charge on any atom is -0.481 e. The predicted octanol–water partition coefficient (Wildman–Crippen LogP) is 0.845. The van der Waals surface area contributed by atoms with E-state index in [9.17, 15) is 19.5 Å². The fourth-order valence-electron chi connectivity index (χ4n) is 2.01. The largest absolute Gasteiger partial charge is 0.481 e. The van der Waals surface area contributed by atoms with Crippen LogP contribution in [0.25, 0.3) is 0 Å². The maximum atomic E-state index is 11.6. The van der Waals surface area contributed by atoms with Crippen molar-refractivity contribution in [2.75, 3.05) is 13.1 Å². The first-order chi connectivity index (χ1) is 9.93. The third-order valence-electron chi connectivity index (χ3n) is 3.97. The second kappa shape index (κ2) is 7.85. The minimum absolute atomic E-state index is 0.0696. The first-order valence-corrected chi connectivity index (χ1v) is 7.48. The van der Waals surface area contributed by atoms with Gasteiger partial charge in [-0.15, -0.1) is 0 Å². The molecule has 0 unspecified atom stereocenters. The summed E-state index contributed by atoms with van der Waals surface area (Å²) in [7, 11) is 0. The van der Waals surface area contributed by atoms with E-state index in [2.05, 4.69) is 16.0 Å². The van der Waals surface area contributed by atoms with Crippen molar-refractivity contribution in [1.82, 2.24) is 16.0 Å². The Kier molecular flexibility index (Phi) is 6.45. The average molecular weight is 299 g/mol. The summed E-state index contributed by atoms with van der Waals surface area (Å²) in [6.07, 6.45) is 3.19. The van der Waals surface area contributed by atoms with E-state index in [-0.39, 0.29) is 25.4 Å². The van der Waals surface area contributed by atoms with E-state index in [1.54, 1.807) is 13.8 Å². The monoisotopic (exact) mass is 299 g/mol. The standard InChI is InChI=1S/C14H25N3O4/c1-3-14(4-2,12(19)20)9-16-13(21)15-8-7-11(18)17-10-5-6-10/h10H,3-9H2,1-2H3,(H,17,18)(H,19,20)(H2,15,16,21). The summed E-state index contributed by atoms with van der Waals surface area (Å²) in [5.74, 6) is -0.976. The molecule has 7 nitrogen and oxygen atoms in total. The summed E-state index contributed by atoms with van der Waals surface area (Å²) in [6.45, 7) is 3.90. The van der Waals surface area contributed by atoms with E-state index >= 15 is 0 Å². The van der Waals surface area contributed by atoms with Crippen LogP contribution in [0.5, 0.6) is 0 Å². The first kappa shape index (κ1) is 17.3. The molecule has 0 radical (unpaired) electrons. The molecule has 0 aromatic rings. The highest BCUT2D eigenvalue weighted by molar-refractivity contribution is 5.79. The number of carbonyl (C=O) groups is 3. The van der Waals surface area contributed by atoms with Crippen molar-refractivity contribution in [3.05, 3.63) is 0 Å². The summed E-state index contributed by atoms with van der Waals surface area (Å²) < 4.78 is 0. The van der Waals surface area contributed by atoms with E-state index in [0.717, 1.165) is 12.8 Å². The molecule has 1 aliphatic rings. The molecule has 1 rings (SSSR count). The first-order valence-electron chi connectivity index (χ1n) is 7.48. The summed E-state index contributed by atoms with van der Waals surface area (Å²) in [4.78, 5) is 34.3. The number of rotatable bonds is 9. The second-order valence-electron chi connectivity index (χ2n) is 5.49. The van der Waals surface area contributed by atoms with Crippen LogP contribution in [0.1, 0.15) is 46.0 Å². The highest BCUT2D eigenvalue weighted by Crippen LogP contribution is 2.25. The fraction of sp³-hybridized carbons (Fsp3) is 0.786. The van der Waals surface area contributed by atoms with Gasteiger partial charge >= 0.3 is 12.0 Å². The quantitative estimate of drug-likeness (QED) is 0.506. The van der Waals surface area contributed by atoms with Gasteiger partial charge in [-0.2, -0.15) is 0 Å². The molecule has 0 aromatic carbocycles. The SMILES string of the molecule is CCC(CC)(CNC(=O)NCCC(=O)NC1CC1)C(=O)O.